The number of carbonyl (C=O) groups is 1. The van der Waals surface area contributed by atoms with Gasteiger partial charge in [-0.05, 0) is 48.4 Å². The molecule has 1 heterocycles. The van der Waals surface area contributed by atoms with E-state index in [1.165, 1.54) is 18.5 Å². The van der Waals surface area contributed by atoms with Crippen molar-refractivity contribution in [2.75, 3.05) is 11.9 Å². The average Bonchev–Trinajstić information content (AvgIpc) is 2.78. The molecule has 166 valence electrons. The molecule has 2 aromatic rings. The number of allylic oxidation sites excluding steroid dienone is 1. The third-order valence-corrected chi connectivity index (χ3v) is 4.44. The molecule has 7 N–H and O–H groups in total. The number of nitrogens with one attached hydrogen (secondary N) is 3. The summed E-state index contributed by atoms with van der Waals surface area (Å²) in [5.74, 6) is -0.135. The number of hydrogen-bond acceptors (Lipinski definition) is 5. The third kappa shape index (κ3) is 6.33. The zero-order valence-corrected chi connectivity index (χ0v) is 18.0. The van der Waals surface area contributed by atoms with Crippen LogP contribution in [-0.4, -0.2) is 23.8 Å². The van der Waals surface area contributed by atoms with Crippen LogP contribution in [0.1, 0.15) is 34.8 Å². The molecule has 0 fully saturated rings. The molecule has 0 aliphatic heterocycles. The highest BCUT2D eigenvalue weighted by atomic mass is 16.1. The van der Waals surface area contributed by atoms with Crippen LogP contribution in [0.4, 0.5) is 5.69 Å². The molecule has 0 aliphatic rings. The summed E-state index contributed by atoms with van der Waals surface area (Å²) in [6.07, 6.45) is 8.17. The van der Waals surface area contributed by atoms with Gasteiger partial charge in [-0.2, -0.15) is 0 Å². The van der Waals surface area contributed by atoms with Gasteiger partial charge >= 0.3 is 0 Å². The minimum Gasteiger partial charge on any atom is -0.398 e. The molecule has 0 radical (unpaired) electrons. The van der Waals surface area contributed by atoms with Crippen LogP contribution in [-0.2, 0) is 0 Å². The lowest BCUT2D eigenvalue weighted by Gasteiger charge is -2.13. The van der Waals surface area contributed by atoms with Crippen molar-refractivity contribution >= 4 is 29.7 Å². The van der Waals surface area contributed by atoms with E-state index >= 15 is 0 Å². The summed E-state index contributed by atoms with van der Waals surface area (Å²) in [5.41, 5.74) is 14.5. The highest BCUT2D eigenvalue weighted by Gasteiger charge is 2.11. The monoisotopic (exact) mass is 432 g/mol. The molecule has 8 heteroatoms. The molecule has 8 nitrogen and oxygen atoms in total. The van der Waals surface area contributed by atoms with E-state index in [2.05, 4.69) is 33.8 Å². The van der Waals surface area contributed by atoms with Crippen LogP contribution < -0.4 is 27.7 Å². The Kier molecular flexibility index (Phi) is 8.79. The van der Waals surface area contributed by atoms with Gasteiger partial charge in [0, 0.05) is 47.2 Å². The van der Waals surface area contributed by atoms with E-state index < -0.39 is 0 Å². The van der Waals surface area contributed by atoms with Crippen LogP contribution in [0.3, 0.4) is 0 Å². The van der Waals surface area contributed by atoms with Crippen LogP contribution >= 0.6 is 0 Å². The first-order valence-electron chi connectivity index (χ1n) is 10.0. The third-order valence-electron chi connectivity index (χ3n) is 4.44. The first kappa shape index (κ1) is 23.9. The second-order valence-corrected chi connectivity index (χ2v) is 6.76. The van der Waals surface area contributed by atoms with Gasteiger partial charge in [-0.15, -0.1) is 0 Å². The number of benzene rings is 1. The van der Waals surface area contributed by atoms with E-state index in [0.29, 0.717) is 45.9 Å². The normalized spacial score (nSPS) is 11.9. The maximum atomic E-state index is 12.6. The smallest absolute Gasteiger partial charge is 0.257 e. The van der Waals surface area contributed by atoms with Crippen LogP contribution in [0.2, 0.25) is 0 Å². The molecule has 2 rings (SSSR count). The molecule has 1 aromatic carbocycles. The predicted molar refractivity (Wildman–Crippen MR) is 132 cm³/mol. The maximum Gasteiger partial charge on any atom is 0.257 e. The second kappa shape index (κ2) is 11.8. The Morgan fingerprint density at radius 1 is 1.25 bits per heavy atom. The minimum absolute atomic E-state index is 0.135. The Balaban J connectivity index is 2.30. The van der Waals surface area contributed by atoms with Crippen molar-refractivity contribution < 1.29 is 4.79 Å². The zero-order valence-electron chi connectivity index (χ0n) is 18.0. The van der Waals surface area contributed by atoms with Gasteiger partial charge in [0.05, 0.1) is 11.9 Å². The molecular formula is C24H28N6O2. The van der Waals surface area contributed by atoms with Crippen molar-refractivity contribution in [3.8, 4) is 0 Å². The Morgan fingerprint density at radius 2 is 1.97 bits per heavy atom. The van der Waals surface area contributed by atoms with Crippen LogP contribution in [0.25, 0.3) is 11.8 Å². The van der Waals surface area contributed by atoms with Gasteiger partial charge in [-0.1, -0.05) is 26.2 Å². The summed E-state index contributed by atoms with van der Waals surface area (Å²) in [6.45, 7) is 10.3. The van der Waals surface area contributed by atoms with Crippen molar-refractivity contribution in [1.82, 2.24) is 10.3 Å². The first-order chi connectivity index (χ1) is 15.4. The van der Waals surface area contributed by atoms with E-state index in [1.807, 2.05) is 6.92 Å². The van der Waals surface area contributed by atoms with Crippen LogP contribution in [0, 0.1) is 0 Å². The fourth-order valence-corrected chi connectivity index (χ4v) is 2.83. The summed E-state index contributed by atoms with van der Waals surface area (Å²) in [7, 11) is 0. The highest BCUT2D eigenvalue weighted by molar-refractivity contribution is 5.94. The highest BCUT2D eigenvalue weighted by Crippen LogP contribution is 2.21. The lowest BCUT2D eigenvalue weighted by atomic mass is 10.0. The molecule has 0 spiro atoms. The molecule has 0 unspecified atom stereocenters. The van der Waals surface area contributed by atoms with Crippen molar-refractivity contribution in [2.24, 2.45) is 16.5 Å². The number of rotatable bonds is 10. The largest absolute Gasteiger partial charge is 0.398 e. The van der Waals surface area contributed by atoms with Crippen LogP contribution in [0.5, 0.6) is 0 Å². The van der Waals surface area contributed by atoms with Crippen molar-refractivity contribution in [3.05, 3.63) is 100 Å². The van der Waals surface area contributed by atoms with E-state index in [-0.39, 0.29) is 11.5 Å². The quantitative estimate of drug-likeness (QED) is 0.223. The van der Waals surface area contributed by atoms with Gasteiger partial charge in [0.15, 0.2) is 0 Å². The van der Waals surface area contributed by atoms with Gasteiger partial charge in [0.1, 0.15) is 0 Å². The summed E-state index contributed by atoms with van der Waals surface area (Å²) < 4.78 is 0. The Labute approximate surface area is 187 Å². The first-order valence-corrected chi connectivity index (χ1v) is 10.0. The number of anilines is 1. The molecule has 1 amide bonds. The Bertz CT molecular complexity index is 1120. The molecule has 0 saturated carbocycles. The number of carbonyl (C=O) groups excluding carboxylic acids is 1. The van der Waals surface area contributed by atoms with Gasteiger partial charge in [-0.25, -0.2) is 4.99 Å². The van der Waals surface area contributed by atoms with E-state index in [1.54, 1.807) is 36.4 Å². The van der Waals surface area contributed by atoms with Crippen molar-refractivity contribution in [3.63, 3.8) is 0 Å². The van der Waals surface area contributed by atoms with E-state index in [0.717, 1.165) is 12.8 Å². The number of nitrogens with two attached hydrogens (primary N) is 2. The number of hydrogen-bond donors (Lipinski definition) is 5. The maximum absolute atomic E-state index is 12.6. The average molecular weight is 433 g/mol. The number of aliphatic imine (C=N–C) groups is 1. The van der Waals surface area contributed by atoms with E-state index in [4.69, 9.17) is 11.5 Å². The molecule has 0 atom stereocenters. The Hall–Kier alpha value is -4.33. The number of nitrogens with zero attached hydrogens (tertiary/aromatic N) is 1. The number of H-pyrrole nitrogens is 1. The van der Waals surface area contributed by atoms with E-state index in [9.17, 15) is 9.59 Å². The lowest BCUT2D eigenvalue weighted by Crippen LogP contribution is -2.23. The van der Waals surface area contributed by atoms with Crippen LogP contribution in [0.15, 0.2) is 83.0 Å². The van der Waals surface area contributed by atoms with Gasteiger partial charge < -0.3 is 27.1 Å². The summed E-state index contributed by atoms with van der Waals surface area (Å²) in [5, 5.41) is 5.93. The minimum atomic E-state index is -0.330. The fourth-order valence-electron chi connectivity index (χ4n) is 2.83. The summed E-state index contributed by atoms with van der Waals surface area (Å²) in [4.78, 5) is 31.1. The molecule has 32 heavy (non-hydrogen) atoms. The van der Waals surface area contributed by atoms with Gasteiger partial charge in [0.2, 0.25) is 0 Å². The van der Waals surface area contributed by atoms with Gasteiger partial charge in [0.25, 0.3) is 11.5 Å². The number of aromatic amines is 1. The molecule has 0 aliphatic carbocycles. The lowest BCUT2D eigenvalue weighted by molar-refractivity contribution is 0.0953. The SMILES string of the molecule is C=CC(=C\N=CN)/C(N)=C/c1cc[nH]c(=O)c1C(=C)Nc1ccc(C(=O)NCCC)cc1. The van der Waals surface area contributed by atoms with Gasteiger partial charge in [-0.3, -0.25) is 9.59 Å². The Morgan fingerprint density at radius 3 is 2.59 bits per heavy atom. The standard InChI is InChI=1S/C24H28N6O2/c1-4-11-28-23(31)18-6-8-20(9-7-18)30-16(3)22-19(10-12-29-24(22)32)13-21(26)17(5-2)14-27-15-25/h5-10,12-15,30H,2-4,11,26H2,1H3,(H2,25,27)(H,28,31)(H,29,32)/b17-14+,21-13-. The second-order valence-electron chi connectivity index (χ2n) is 6.76. The summed E-state index contributed by atoms with van der Waals surface area (Å²) >= 11 is 0. The molecular weight excluding hydrogens is 404 g/mol. The number of amides is 1. The topological polar surface area (TPSA) is 138 Å². The van der Waals surface area contributed by atoms with Crippen molar-refractivity contribution in [2.45, 2.75) is 13.3 Å². The fraction of sp³-hybridized carbons (Fsp3) is 0.125. The predicted octanol–water partition coefficient (Wildman–Crippen LogP) is 2.95. The number of aromatic nitrogens is 1. The molecule has 0 bridgehead atoms. The van der Waals surface area contributed by atoms with Crippen molar-refractivity contribution in [1.29, 1.82) is 0 Å². The number of pyridine rings is 1. The summed E-state index contributed by atoms with van der Waals surface area (Å²) in [6, 6.07) is 8.61. The zero-order chi connectivity index (χ0) is 23.5. The molecule has 0 saturated heterocycles. The molecule has 1 aromatic heterocycles.